The van der Waals surface area contributed by atoms with Crippen molar-refractivity contribution in [2.45, 2.75) is 38.8 Å². The maximum Gasteiger partial charge on any atom is 0.236 e. The highest BCUT2D eigenvalue weighted by Gasteiger charge is 2.35. The smallest absolute Gasteiger partial charge is 0.236 e. The number of piperazine rings is 1. The average Bonchev–Trinajstić information content (AvgIpc) is 3.03. The molecule has 5 rings (SSSR count). The van der Waals surface area contributed by atoms with Crippen molar-refractivity contribution in [1.29, 1.82) is 0 Å². The molecule has 3 aromatic rings. The standard InChI is InChI=1S/C35H45N3O3/c1-40-33-15-9-8-14-32(33)26-37-22-24-38(25-23-37)34(39)27-36-20-18-35(19-21-36,17-16-30-10-4-2-5-11-30)29-41-28-31-12-6-3-7-13-31/h2-15H,16-29H2,1H3. The van der Waals surface area contributed by atoms with Crippen LogP contribution in [0, 0.1) is 5.41 Å². The van der Waals surface area contributed by atoms with Crippen molar-refractivity contribution in [2.24, 2.45) is 5.41 Å². The average molecular weight is 556 g/mol. The lowest BCUT2D eigenvalue weighted by molar-refractivity contribution is -0.135. The summed E-state index contributed by atoms with van der Waals surface area (Å²) in [6.45, 7) is 8.06. The van der Waals surface area contributed by atoms with Crippen LogP contribution in [0.25, 0.3) is 0 Å². The van der Waals surface area contributed by atoms with E-state index in [4.69, 9.17) is 9.47 Å². The van der Waals surface area contributed by atoms with Crippen LogP contribution in [0.3, 0.4) is 0 Å². The zero-order valence-electron chi connectivity index (χ0n) is 24.5. The Hall–Kier alpha value is -3.19. The number of rotatable bonds is 12. The number of amides is 1. The number of ether oxygens (including phenoxy) is 2. The minimum Gasteiger partial charge on any atom is -0.496 e. The Morgan fingerprint density at radius 3 is 2.07 bits per heavy atom. The van der Waals surface area contributed by atoms with Crippen molar-refractivity contribution in [2.75, 3.05) is 59.5 Å². The third-order valence-electron chi connectivity index (χ3n) is 8.89. The molecule has 0 unspecified atom stereocenters. The number of carbonyl (C=O) groups excluding carboxylic acids is 1. The van der Waals surface area contributed by atoms with E-state index in [9.17, 15) is 4.79 Å². The van der Waals surface area contributed by atoms with E-state index in [2.05, 4.69) is 81.4 Å². The fourth-order valence-electron chi connectivity index (χ4n) is 6.19. The van der Waals surface area contributed by atoms with E-state index in [1.807, 2.05) is 18.2 Å². The molecule has 0 aliphatic carbocycles. The van der Waals surface area contributed by atoms with Gasteiger partial charge in [0.1, 0.15) is 5.75 Å². The zero-order chi connectivity index (χ0) is 28.3. The molecular weight excluding hydrogens is 510 g/mol. The molecule has 2 aliphatic rings. The number of hydrogen-bond acceptors (Lipinski definition) is 5. The Morgan fingerprint density at radius 1 is 0.756 bits per heavy atom. The molecule has 2 aliphatic heterocycles. The van der Waals surface area contributed by atoms with E-state index in [0.29, 0.717) is 13.2 Å². The first-order chi connectivity index (χ1) is 20.1. The number of carbonyl (C=O) groups is 1. The molecule has 3 aromatic carbocycles. The van der Waals surface area contributed by atoms with Crippen LogP contribution < -0.4 is 4.74 Å². The first-order valence-corrected chi connectivity index (χ1v) is 15.1. The molecule has 2 saturated heterocycles. The van der Waals surface area contributed by atoms with Crippen molar-refractivity contribution in [1.82, 2.24) is 14.7 Å². The topological polar surface area (TPSA) is 45.2 Å². The Labute approximate surface area is 245 Å². The number of hydrogen-bond donors (Lipinski definition) is 0. The van der Waals surface area contributed by atoms with Crippen LogP contribution in [0.15, 0.2) is 84.9 Å². The van der Waals surface area contributed by atoms with Gasteiger partial charge in [0, 0.05) is 38.3 Å². The van der Waals surface area contributed by atoms with Crippen LogP contribution in [0.4, 0.5) is 0 Å². The second kappa shape index (κ2) is 14.6. The molecule has 2 heterocycles. The normalized spacial score (nSPS) is 17.8. The highest BCUT2D eigenvalue weighted by Crippen LogP contribution is 2.37. The van der Waals surface area contributed by atoms with Crippen molar-refractivity contribution in [3.05, 3.63) is 102 Å². The molecule has 0 radical (unpaired) electrons. The largest absolute Gasteiger partial charge is 0.496 e. The van der Waals surface area contributed by atoms with E-state index in [1.54, 1.807) is 7.11 Å². The molecule has 1 amide bonds. The molecule has 0 bridgehead atoms. The molecule has 6 nitrogen and oxygen atoms in total. The van der Waals surface area contributed by atoms with Crippen LogP contribution in [0.1, 0.15) is 36.0 Å². The third-order valence-corrected chi connectivity index (χ3v) is 8.89. The molecule has 0 aromatic heterocycles. The number of methoxy groups -OCH3 is 1. The third kappa shape index (κ3) is 8.41. The van der Waals surface area contributed by atoms with Crippen LogP contribution in [-0.2, 0) is 29.1 Å². The molecule has 0 saturated carbocycles. The van der Waals surface area contributed by atoms with Crippen LogP contribution in [0.2, 0.25) is 0 Å². The van der Waals surface area contributed by atoms with Crippen molar-refractivity contribution in [3.63, 3.8) is 0 Å². The van der Waals surface area contributed by atoms with Gasteiger partial charge < -0.3 is 14.4 Å². The van der Waals surface area contributed by atoms with E-state index >= 15 is 0 Å². The quantitative estimate of drug-likeness (QED) is 0.305. The number of nitrogens with zero attached hydrogens (tertiary/aromatic N) is 3. The summed E-state index contributed by atoms with van der Waals surface area (Å²) in [5, 5.41) is 0. The summed E-state index contributed by atoms with van der Waals surface area (Å²) in [7, 11) is 1.72. The molecule has 0 N–H and O–H groups in total. The maximum atomic E-state index is 13.3. The fourth-order valence-corrected chi connectivity index (χ4v) is 6.19. The van der Waals surface area contributed by atoms with Crippen LogP contribution in [0.5, 0.6) is 5.75 Å². The van der Waals surface area contributed by atoms with Gasteiger partial charge in [0.25, 0.3) is 0 Å². The molecule has 2 fully saturated rings. The van der Waals surface area contributed by atoms with Gasteiger partial charge in [-0.3, -0.25) is 14.6 Å². The molecule has 41 heavy (non-hydrogen) atoms. The maximum absolute atomic E-state index is 13.3. The number of benzene rings is 3. The first-order valence-electron chi connectivity index (χ1n) is 15.1. The Morgan fingerprint density at radius 2 is 1.39 bits per heavy atom. The van der Waals surface area contributed by atoms with Gasteiger partial charge in [0.2, 0.25) is 5.91 Å². The SMILES string of the molecule is COc1ccccc1CN1CCN(C(=O)CN2CCC(CCc3ccccc3)(COCc3ccccc3)CC2)CC1. The van der Waals surface area contributed by atoms with Crippen molar-refractivity contribution in [3.8, 4) is 5.75 Å². The minimum absolute atomic E-state index is 0.147. The van der Waals surface area contributed by atoms with Crippen LogP contribution in [-0.4, -0.2) is 80.1 Å². The van der Waals surface area contributed by atoms with Gasteiger partial charge in [0.15, 0.2) is 0 Å². The number of aryl methyl sites for hydroxylation is 1. The van der Waals surface area contributed by atoms with Crippen molar-refractivity contribution < 1.29 is 14.3 Å². The van der Waals surface area contributed by atoms with E-state index in [-0.39, 0.29) is 11.3 Å². The van der Waals surface area contributed by atoms with E-state index < -0.39 is 0 Å². The fraction of sp³-hybridized carbons (Fsp3) is 0.457. The summed E-state index contributed by atoms with van der Waals surface area (Å²) in [6.07, 6.45) is 4.30. The Balaban J connectivity index is 1.10. The van der Waals surface area contributed by atoms with E-state index in [1.165, 1.54) is 16.7 Å². The van der Waals surface area contributed by atoms with Gasteiger partial charge in [-0.2, -0.15) is 0 Å². The Kier molecular flexibility index (Phi) is 10.5. The molecule has 0 spiro atoms. The minimum atomic E-state index is 0.147. The predicted molar refractivity (Wildman–Crippen MR) is 164 cm³/mol. The second-order valence-electron chi connectivity index (χ2n) is 11.7. The van der Waals surface area contributed by atoms with Gasteiger partial charge in [-0.15, -0.1) is 0 Å². The summed E-state index contributed by atoms with van der Waals surface area (Å²) in [5.74, 6) is 1.19. The first kappa shape index (κ1) is 29.3. The lowest BCUT2D eigenvalue weighted by Crippen LogP contribution is -2.52. The monoisotopic (exact) mass is 555 g/mol. The highest BCUT2D eigenvalue weighted by molar-refractivity contribution is 5.78. The summed E-state index contributed by atoms with van der Waals surface area (Å²) < 4.78 is 11.8. The molecule has 6 heteroatoms. The number of para-hydroxylation sites is 1. The summed E-state index contributed by atoms with van der Waals surface area (Å²) in [4.78, 5) is 20.1. The summed E-state index contributed by atoms with van der Waals surface area (Å²) >= 11 is 0. The molecule has 0 atom stereocenters. The van der Waals surface area contributed by atoms with E-state index in [0.717, 1.165) is 83.9 Å². The highest BCUT2D eigenvalue weighted by atomic mass is 16.5. The predicted octanol–water partition coefficient (Wildman–Crippen LogP) is 5.27. The Bertz CT molecular complexity index is 1200. The zero-order valence-corrected chi connectivity index (χ0v) is 24.5. The number of likely N-dealkylation sites (tertiary alicyclic amines) is 1. The molecular formula is C35H45N3O3. The van der Waals surface area contributed by atoms with Gasteiger partial charge in [-0.1, -0.05) is 78.9 Å². The second-order valence-corrected chi connectivity index (χ2v) is 11.7. The van der Waals surface area contributed by atoms with Gasteiger partial charge >= 0.3 is 0 Å². The number of piperidine rings is 1. The van der Waals surface area contributed by atoms with Gasteiger partial charge in [-0.05, 0) is 61.4 Å². The van der Waals surface area contributed by atoms with Gasteiger partial charge in [-0.25, -0.2) is 0 Å². The molecule has 218 valence electrons. The summed E-state index contributed by atoms with van der Waals surface area (Å²) in [6, 6.07) is 29.4. The summed E-state index contributed by atoms with van der Waals surface area (Å²) in [5.41, 5.74) is 3.95. The van der Waals surface area contributed by atoms with Crippen LogP contribution >= 0.6 is 0 Å². The van der Waals surface area contributed by atoms with Crippen molar-refractivity contribution >= 4 is 5.91 Å². The lowest BCUT2D eigenvalue weighted by atomic mass is 9.74. The van der Waals surface area contributed by atoms with Gasteiger partial charge in [0.05, 0.1) is 26.9 Å². The lowest BCUT2D eigenvalue weighted by Gasteiger charge is -2.42.